The molecule has 1 unspecified atom stereocenters. The molecule has 16 heavy (non-hydrogen) atoms. The van der Waals surface area contributed by atoms with E-state index in [0.717, 1.165) is 17.8 Å². The highest BCUT2D eigenvalue weighted by Gasteiger charge is 2.24. The van der Waals surface area contributed by atoms with Gasteiger partial charge in [-0.1, -0.05) is 39.3 Å². The lowest BCUT2D eigenvalue weighted by Gasteiger charge is -2.30. The molecule has 1 rings (SSSR count). The molecular formula is C14H24N2. The van der Waals surface area contributed by atoms with Crippen LogP contribution in [0.1, 0.15) is 46.6 Å². The number of aromatic amines is 1. The monoisotopic (exact) mass is 220 g/mol. The third-order valence-electron chi connectivity index (χ3n) is 3.20. The van der Waals surface area contributed by atoms with Crippen LogP contribution in [-0.2, 0) is 0 Å². The van der Waals surface area contributed by atoms with Crippen molar-refractivity contribution in [1.29, 1.82) is 0 Å². The van der Waals surface area contributed by atoms with Gasteiger partial charge in [0.05, 0.1) is 0 Å². The molecule has 1 atom stereocenters. The van der Waals surface area contributed by atoms with E-state index in [0.29, 0.717) is 11.3 Å². The Morgan fingerprint density at radius 2 is 2.12 bits per heavy atom. The largest absolute Gasteiger partial charge is 0.385 e. The van der Waals surface area contributed by atoms with Gasteiger partial charge < -0.3 is 10.7 Å². The first kappa shape index (κ1) is 12.9. The van der Waals surface area contributed by atoms with Crippen LogP contribution in [0.4, 0.5) is 5.82 Å². The number of hydrogen-bond acceptors (Lipinski definition) is 1. The maximum absolute atomic E-state index is 5.84. The molecule has 0 aliphatic rings. The van der Waals surface area contributed by atoms with E-state index in [-0.39, 0.29) is 0 Å². The van der Waals surface area contributed by atoms with Crippen LogP contribution in [0.5, 0.6) is 0 Å². The van der Waals surface area contributed by atoms with Crippen molar-refractivity contribution < 1.29 is 0 Å². The predicted molar refractivity (Wildman–Crippen MR) is 72.1 cm³/mol. The number of H-pyrrole nitrogens is 1. The van der Waals surface area contributed by atoms with Gasteiger partial charge in [0.2, 0.25) is 0 Å². The van der Waals surface area contributed by atoms with Crippen molar-refractivity contribution in [2.75, 3.05) is 5.73 Å². The summed E-state index contributed by atoms with van der Waals surface area (Å²) in [6.07, 6.45) is 5.24. The normalized spacial score (nSPS) is 15.2. The van der Waals surface area contributed by atoms with Crippen LogP contribution < -0.4 is 5.73 Å². The highest BCUT2D eigenvalue weighted by molar-refractivity contribution is 5.63. The molecule has 0 spiro atoms. The molecule has 0 aromatic carbocycles. The summed E-state index contributed by atoms with van der Waals surface area (Å²) in [5, 5.41) is 0. The molecule has 0 bridgehead atoms. The average molecular weight is 220 g/mol. The molecular weight excluding hydrogens is 196 g/mol. The van der Waals surface area contributed by atoms with Gasteiger partial charge in [-0.2, -0.15) is 0 Å². The average Bonchev–Trinajstić information content (AvgIpc) is 2.50. The van der Waals surface area contributed by atoms with Gasteiger partial charge in [0.25, 0.3) is 0 Å². The molecule has 0 radical (unpaired) electrons. The van der Waals surface area contributed by atoms with Crippen LogP contribution in [-0.4, -0.2) is 4.98 Å². The fourth-order valence-corrected chi connectivity index (χ4v) is 2.48. The number of rotatable bonds is 3. The highest BCUT2D eigenvalue weighted by Crippen LogP contribution is 2.35. The van der Waals surface area contributed by atoms with Crippen molar-refractivity contribution >= 4 is 11.9 Å². The van der Waals surface area contributed by atoms with E-state index in [2.05, 4.69) is 45.7 Å². The summed E-state index contributed by atoms with van der Waals surface area (Å²) in [5.41, 5.74) is 8.65. The van der Waals surface area contributed by atoms with Gasteiger partial charge in [-0.3, -0.25) is 0 Å². The lowest BCUT2D eigenvalue weighted by Crippen LogP contribution is -2.20. The molecule has 1 aromatic rings. The second-order valence-electron chi connectivity index (χ2n) is 5.56. The molecule has 1 heterocycles. The van der Waals surface area contributed by atoms with E-state index in [1.54, 1.807) is 0 Å². The SMILES string of the molecule is CCC(/C(C)=C\c1cc[nH]c1N)C(C)(C)C. The highest BCUT2D eigenvalue weighted by atomic mass is 14.8. The second-order valence-corrected chi connectivity index (χ2v) is 5.56. The Hall–Kier alpha value is -1.18. The first-order chi connectivity index (χ1) is 7.36. The van der Waals surface area contributed by atoms with Crippen molar-refractivity contribution in [1.82, 2.24) is 4.98 Å². The molecule has 3 N–H and O–H groups in total. The minimum absolute atomic E-state index is 0.306. The number of allylic oxidation sites excluding steroid dienone is 1. The standard InChI is InChI=1S/C14H24N2/c1-6-12(14(3,4)5)10(2)9-11-7-8-16-13(11)15/h7-9,12,16H,6,15H2,1-5H3/b10-9-. The van der Waals surface area contributed by atoms with E-state index >= 15 is 0 Å². The molecule has 0 saturated heterocycles. The van der Waals surface area contributed by atoms with Gasteiger partial charge in [-0.05, 0) is 30.7 Å². The van der Waals surface area contributed by atoms with Crippen molar-refractivity contribution in [3.8, 4) is 0 Å². The number of aromatic nitrogens is 1. The van der Waals surface area contributed by atoms with Crippen LogP contribution in [0.2, 0.25) is 0 Å². The summed E-state index contributed by atoms with van der Waals surface area (Å²) in [5.74, 6) is 1.35. The van der Waals surface area contributed by atoms with Crippen molar-refractivity contribution in [2.45, 2.75) is 41.0 Å². The molecule has 1 aromatic heterocycles. The van der Waals surface area contributed by atoms with Crippen molar-refractivity contribution in [2.24, 2.45) is 11.3 Å². The Labute approximate surface area is 98.9 Å². The number of nitrogens with one attached hydrogen (secondary N) is 1. The molecule has 2 heteroatoms. The van der Waals surface area contributed by atoms with Gasteiger partial charge in [0, 0.05) is 11.8 Å². The Morgan fingerprint density at radius 3 is 2.50 bits per heavy atom. The first-order valence-corrected chi connectivity index (χ1v) is 5.97. The van der Waals surface area contributed by atoms with Crippen LogP contribution in [0.25, 0.3) is 6.08 Å². The summed E-state index contributed by atoms with van der Waals surface area (Å²) in [4.78, 5) is 3.00. The maximum atomic E-state index is 5.84. The molecule has 0 aliphatic heterocycles. The summed E-state index contributed by atoms with van der Waals surface area (Å²) in [7, 11) is 0. The molecule has 0 aliphatic carbocycles. The zero-order valence-electron chi connectivity index (χ0n) is 11.1. The van der Waals surface area contributed by atoms with Gasteiger partial charge in [0.15, 0.2) is 0 Å². The van der Waals surface area contributed by atoms with E-state index in [9.17, 15) is 0 Å². The van der Waals surface area contributed by atoms with Gasteiger partial charge in [-0.15, -0.1) is 0 Å². The number of nitrogens with two attached hydrogens (primary N) is 1. The lowest BCUT2D eigenvalue weighted by atomic mass is 9.75. The predicted octanol–water partition coefficient (Wildman–Crippen LogP) is 4.07. The number of nitrogen functional groups attached to an aromatic ring is 1. The van der Waals surface area contributed by atoms with Gasteiger partial charge in [0.1, 0.15) is 5.82 Å². The summed E-state index contributed by atoms with van der Waals surface area (Å²) >= 11 is 0. The Kier molecular flexibility index (Phi) is 3.84. The smallest absolute Gasteiger partial charge is 0.107 e. The van der Waals surface area contributed by atoms with Gasteiger partial charge >= 0.3 is 0 Å². The second kappa shape index (κ2) is 4.77. The fraction of sp³-hybridized carbons (Fsp3) is 0.571. The van der Waals surface area contributed by atoms with E-state index in [4.69, 9.17) is 5.73 Å². The summed E-state index contributed by atoms with van der Waals surface area (Å²) in [6, 6.07) is 2.02. The third-order valence-corrected chi connectivity index (χ3v) is 3.20. The van der Waals surface area contributed by atoms with Crippen molar-refractivity contribution in [3.05, 3.63) is 23.4 Å². The Bertz CT molecular complexity index is 366. The molecule has 0 fully saturated rings. The minimum Gasteiger partial charge on any atom is -0.385 e. The zero-order valence-corrected chi connectivity index (χ0v) is 11.1. The van der Waals surface area contributed by atoms with E-state index in [1.807, 2.05) is 12.3 Å². The first-order valence-electron chi connectivity index (χ1n) is 5.97. The minimum atomic E-state index is 0.306. The summed E-state index contributed by atoms with van der Waals surface area (Å²) in [6.45, 7) is 11.3. The zero-order chi connectivity index (χ0) is 12.3. The molecule has 90 valence electrons. The van der Waals surface area contributed by atoms with E-state index < -0.39 is 0 Å². The Balaban J connectivity index is 2.96. The van der Waals surface area contributed by atoms with E-state index in [1.165, 1.54) is 5.57 Å². The summed E-state index contributed by atoms with van der Waals surface area (Å²) < 4.78 is 0. The third kappa shape index (κ3) is 2.91. The fourth-order valence-electron chi connectivity index (χ4n) is 2.48. The molecule has 2 nitrogen and oxygen atoms in total. The number of hydrogen-bond donors (Lipinski definition) is 2. The maximum Gasteiger partial charge on any atom is 0.107 e. The van der Waals surface area contributed by atoms with Crippen LogP contribution in [0.15, 0.2) is 17.8 Å². The van der Waals surface area contributed by atoms with Crippen LogP contribution >= 0.6 is 0 Å². The van der Waals surface area contributed by atoms with Crippen LogP contribution in [0.3, 0.4) is 0 Å². The number of anilines is 1. The van der Waals surface area contributed by atoms with Crippen LogP contribution in [0, 0.1) is 11.3 Å². The molecule has 0 saturated carbocycles. The van der Waals surface area contributed by atoms with Crippen molar-refractivity contribution in [3.63, 3.8) is 0 Å². The lowest BCUT2D eigenvalue weighted by molar-refractivity contribution is 0.273. The Morgan fingerprint density at radius 1 is 1.50 bits per heavy atom. The molecule has 0 amide bonds. The van der Waals surface area contributed by atoms with Gasteiger partial charge in [-0.25, -0.2) is 0 Å². The quantitative estimate of drug-likeness (QED) is 0.792. The topological polar surface area (TPSA) is 41.8 Å².